The molecule has 4 rings (SSSR count). The third kappa shape index (κ3) is 4.18. The summed E-state index contributed by atoms with van der Waals surface area (Å²) in [5, 5.41) is 3.84. The first-order chi connectivity index (χ1) is 13.9. The van der Waals surface area contributed by atoms with Gasteiger partial charge in [-0.15, -0.1) is 0 Å². The van der Waals surface area contributed by atoms with Crippen LogP contribution in [0.5, 0.6) is 0 Å². The number of aromatic amines is 1. The molecule has 2 N–H and O–H groups in total. The zero-order valence-corrected chi connectivity index (χ0v) is 15.0. The monoisotopic (exact) mass is 401 g/mol. The van der Waals surface area contributed by atoms with Crippen molar-refractivity contribution in [2.75, 3.05) is 5.32 Å². The van der Waals surface area contributed by atoms with E-state index in [2.05, 4.69) is 25.3 Å². The molecule has 0 aliphatic carbocycles. The fourth-order valence-electron chi connectivity index (χ4n) is 2.96. The number of anilines is 1. The number of benzene rings is 1. The van der Waals surface area contributed by atoms with Gasteiger partial charge in [0.2, 0.25) is 5.95 Å². The van der Waals surface area contributed by atoms with Crippen LogP contribution in [-0.4, -0.2) is 19.9 Å². The first-order valence-electron chi connectivity index (χ1n) is 8.71. The molecule has 5 nitrogen and oxygen atoms in total. The minimum absolute atomic E-state index is 0.0303. The van der Waals surface area contributed by atoms with E-state index in [1.807, 2.05) is 18.3 Å². The molecule has 3 heterocycles. The number of rotatable bonds is 5. The molecule has 0 radical (unpaired) electrons. The highest BCUT2D eigenvalue weighted by Gasteiger charge is 2.31. The van der Waals surface area contributed by atoms with E-state index in [1.165, 1.54) is 0 Å². The van der Waals surface area contributed by atoms with Crippen LogP contribution in [0.25, 0.3) is 11.0 Å². The summed E-state index contributed by atoms with van der Waals surface area (Å²) in [6.45, 7) is -0.0303. The Bertz CT molecular complexity index is 1140. The van der Waals surface area contributed by atoms with Gasteiger partial charge in [-0.2, -0.15) is 13.2 Å². The van der Waals surface area contributed by atoms with Crippen LogP contribution >= 0.6 is 0 Å². The second-order valence-electron chi connectivity index (χ2n) is 6.46. The summed E-state index contributed by atoms with van der Waals surface area (Å²) in [4.78, 5) is 15.7. The number of nitrogens with zero attached hydrogens (tertiary/aromatic N) is 3. The summed E-state index contributed by atoms with van der Waals surface area (Å²) in [5.41, 5.74) is 1.81. The van der Waals surface area contributed by atoms with E-state index in [-0.39, 0.29) is 18.1 Å². The van der Waals surface area contributed by atoms with Gasteiger partial charge in [-0.05, 0) is 35.4 Å². The van der Waals surface area contributed by atoms with Gasteiger partial charge in [0.25, 0.3) is 0 Å². The Balaban J connectivity index is 1.41. The van der Waals surface area contributed by atoms with Gasteiger partial charge >= 0.3 is 6.18 Å². The average Bonchev–Trinajstić information content (AvgIpc) is 3.10. The van der Waals surface area contributed by atoms with E-state index < -0.39 is 17.6 Å². The van der Waals surface area contributed by atoms with Crippen molar-refractivity contribution in [2.45, 2.75) is 19.1 Å². The van der Waals surface area contributed by atoms with Crippen LogP contribution < -0.4 is 5.32 Å². The van der Waals surface area contributed by atoms with E-state index in [4.69, 9.17) is 0 Å². The first-order valence-corrected chi connectivity index (χ1v) is 8.71. The molecule has 0 saturated heterocycles. The lowest BCUT2D eigenvalue weighted by atomic mass is 10.1. The summed E-state index contributed by atoms with van der Waals surface area (Å²) >= 11 is 0. The van der Waals surface area contributed by atoms with E-state index in [0.717, 1.165) is 34.3 Å². The number of nitrogens with one attached hydrogen (secondary N) is 2. The number of hydrogen-bond acceptors (Lipinski definition) is 4. The quantitative estimate of drug-likeness (QED) is 0.475. The van der Waals surface area contributed by atoms with Crippen molar-refractivity contribution in [3.8, 4) is 0 Å². The predicted octanol–water partition coefficient (Wildman–Crippen LogP) is 4.71. The second kappa shape index (κ2) is 7.50. The standard InChI is InChI=1S/C20H15F4N5/c21-17-7-15(20(22,23)24)4-3-13(17)10-29-19-27-8-12(9-28-19)6-14-11-26-18-16(14)2-1-5-25-18/h1-5,7-9,11H,6,10H2,(H,25,26)(H,27,28,29). The van der Waals surface area contributed by atoms with Crippen molar-refractivity contribution in [1.82, 2.24) is 19.9 Å². The van der Waals surface area contributed by atoms with E-state index in [0.29, 0.717) is 12.5 Å². The van der Waals surface area contributed by atoms with Gasteiger partial charge in [-0.3, -0.25) is 0 Å². The number of H-pyrrole nitrogens is 1. The molecule has 0 fully saturated rings. The Kier molecular flexibility index (Phi) is 4.87. The molecule has 9 heteroatoms. The highest BCUT2D eigenvalue weighted by molar-refractivity contribution is 5.79. The van der Waals surface area contributed by atoms with Crippen molar-refractivity contribution in [3.63, 3.8) is 0 Å². The van der Waals surface area contributed by atoms with Crippen molar-refractivity contribution in [1.29, 1.82) is 0 Å². The maximum Gasteiger partial charge on any atom is 0.416 e. The summed E-state index contributed by atoms with van der Waals surface area (Å²) in [7, 11) is 0. The molecule has 0 saturated carbocycles. The van der Waals surface area contributed by atoms with Crippen LogP contribution in [0, 0.1) is 5.82 Å². The summed E-state index contributed by atoms with van der Waals surface area (Å²) in [6.07, 6.45) is 2.93. The zero-order chi connectivity index (χ0) is 20.4. The second-order valence-corrected chi connectivity index (χ2v) is 6.46. The highest BCUT2D eigenvalue weighted by atomic mass is 19.4. The van der Waals surface area contributed by atoms with Gasteiger partial charge in [0.05, 0.1) is 5.56 Å². The molecule has 0 bridgehead atoms. The van der Waals surface area contributed by atoms with Gasteiger partial charge in [0, 0.05) is 48.7 Å². The smallest absolute Gasteiger partial charge is 0.350 e. The van der Waals surface area contributed by atoms with Crippen molar-refractivity contribution < 1.29 is 17.6 Å². The molecule has 0 atom stereocenters. The lowest BCUT2D eigenvalue weighted by Crippen LogP contribution is -2.09. The number of halogens is 4. The fourth-order valence-corrected chi connectivity index (χ4v) is 2.96. The summed E-state index contributed by atoms with van der Waals surface area (Å²) in [6, 6.07) is 6.27. The van der Waals surface area contributed by atoms with E-state index in [9.17, 15) is 17.6 Å². The highest BCUT2D eigenvalue weighted by Crippen LogP contribution is 2.30. The van der Waals surface area contributed by atoms with Crippen LogP contribution in [0.3, 0.4) is 0 Å². The van der Waals surface area contributed by atoms with Gasteiger partial charge in [0.15, 0.2) is 0 Å². The molecule has 0 spiro atoms. The Labute approximate surface area is 162 Å². The third-order valence-corrected chi connectivity index (χ3v) is 4.45. The third-order valence-electron chi connectivity index (χ3n) is 4.45. The maximum atomic E-state index is 13.9. The zero-order valence-electron chi connectivity index (χ0n) is 15.0. The van der Waals surface area contributed by atoms with Crippen LogP contribution in [0.2, 0.25) is 0 Å². The predicted molar refractivity (Wildman–Crippen MR) is 99.7 cm³/mol. The molecular formula is C20H15F4N5. The number of aromatic nitrogens is 4. The minimum atomic E-state index is -4.58. The molecule has 0 aliphatic rings. The number of pyridine rings is 1. The van der Waals surface area contributed by atoms with Crippen LogP contribution in [0.15, 0.2) is 55.1 Å². The normalized spacial score (nSPS) is 11.7. The maximum absolute atomic E-state index is 13.9. The molecule has 3 aromatic heterocycles. The topological polar surface area (TPSA) is 66.5 Å². The van der Waals surface area contributed by atoms with Crippen molar-refractivity contribution >= 4 is 17.0 Å². The van der Waals surface area contributed by atoms with Crippen molar-refractivity contribution in [2.24, 2.45) is 0 Å². The van der Waals surface area contributed by atoms with Crippen LogP contribution in [0.1, 0.15) is 22.3 Å². The van der Waals surface area contributed by atoms with Gasteiger partial charge in [0.1, 0.15) is 11.5 Å². The van der Waals surface area contributed by atoms with Gasteiger partial charge in [-0.25, -0.2) is 19.3 Å². The van der Waals surface area contributed by atoms with Crippen LogP contribution in [0.4, 0.5) is 23.5 Å². The molecule has 0 amide bonds. The Morgan fingerprint density at radius 3 is 2.52 bits per heavy atom. The SMILES string of the molecule is Fc1cc(C(F)(F)F)ccc1CNc1ncc(Cc2c[nH]c3ncccc23)cn1. The van der Waals surface area contributed by atoms with Gasteiger partial charge in [-0.1, -0.05) is 6.07 Å². The first kappa shape index (κ1) is 18.9. The average molecular weight is 401 g/mol. The Morgan fingerprint density at radius 2 is 1.79 bits per heavy atom. The minimum Gasteiger partial charge on any atom is -0.350 e. The van der Waals surface area contributed by atoms with E-state index >= 15 is 0 Å². The molecular weight excluding hydrogens is 386 g/mol. The van der Waals surface area contributed by atoms with Crippen molar-refractivity contribution in [3.05, 3.63) is 83.2 Å². The number of hydrogen-bond donors (Lipinski definition) is 2. The lowest BCUT2D eigenvalue weighted by Gasteiger charge is -2.10. The van der Waals surface area contributed by atoms with Gasteiger partial charge < -0.3 is 10.3 Å². The lowest BCUT2D eigenvalue weighted by molar-refractivity contribution is -0.137. The van der Waals surface area contributed by atoms with E-state index in [1.54, 1.807) is 18.6 Å². The molecule has 148 valence electrons. The molecule has 0 unspecified atom stereocenters. The Morgan fingerprint density at radius 1 is 1.00 bits per heavy atom. The summed E-state index contributed by atoms with van der Waals surface area (Å²) in [5.74, 6) is -0.675. The Hall–Kier alpha value is -3.49. The molecule has 4 aromatic rings. The molecule has 0 aliphatic heterocycles. The molecule has 1 aromatic carbocycles. The number of fused-ring (bicyclic) bond motifs is 1. The summed E-state index contributed by atoms with van der Waals surface area (Å²) < 4.78 is 51.7. The molecule has 29 heavy (non-hydrogen) atoms. The largest absolute Gasteiger partial charge is 0.416 e. The number of alkyl halides is 3. The van der Waals surface area contributed by atoms with Crippen LogP contribution in [-0.2, 0) is 19.1 Å². The fraction of sp³-hybridized carbons (Fsp3) is 0.150.